The maximum absolute atomic E-state index is 13.8. The zero-order valence-corrected chi connectivity index (χ0v) is 23.8. The van der Waals surface area contributed by atoms with E-state index in [0.29, 0.717) is 6.42 Å². The minimum absolute atomic E-state index is 0.195. The summed E-state index contributed by atoms with van der Waals surface area (Å²) >= 11 is 0. The molecule has 0 spiro atoms. The standard InChI is InChI=1S/C29H46N2O5/c1-12-16-21(23(27(2,3)4)25(33)35-28(5,6)7)24(32)31(11)19-22(20-17-14-13-15-18-20)30-26(34)36-29(8,9)10/h12-15,17-18,21-23H,1,16,19H2,2-11H3,(H,30,34)/t21?,22-,23+/m0/s1. The van der Waals surface area contributed by atoms with Gasteiger partial charge in [0, 0.05) is 13.6 Å². The Bertz CT molecular complexity index is 891. The molecule has 0 bridgehead atoms. The van der Waals surface area contributed by atoms with Gasteiger partial charge >= 0.3 is 12.1 Å². The Morgan fingerprint density at radius 2 is 1.47 bits per heavy atom. The first-order chi connectivity index (χ1) is 16.4. The van der Waals surface area contributed by atoms with E-state index in [1.165, 1.54) is 0 Å². The lowest BCUT2D eigenvalue weighted by molar-refractivity contribution is -0.170. The second-order valence-corrected chi connectivity index (χ2v) is 12.3. The average molecular weight is 503 g/mol. The predicted molar refractivity (Wildman–Crippen MR) is 143 cm³/mol. The largest absolute Gasteiger partial charge is 0.460 e. The summed E-state index contributed by atoms with van der Waals surface area (Å²) in [4.78, 5) is 41.2. The number of carbonyl (C=O) groups is 3. The van der Waals surface area contributed by atoms with Gasteiger partial charge in [0.05, 0.1) is 17.9 Å². The fourth-order valence-electron chi connectivity index (χ4n) is 4.06. The number of esters is 1. The van der Waals surface area contributed by atoms with Gasteiger partial charge in [-0.3, -0.25) is 9.59 Å². The molecule has 36 heavy (non-hydrogen) atoms. The third-order valence-corrected chi connectivity index (χ3v) is 5.46. The molecule has 0 saturated heterocycles. The van der Waals surface area contributed by atoms with Crippen LogP contribution in [0.1, 0.15) is 80.3 Å². The molecular weight excluding hydrogens is 456 g/mol. The van der Waals surface area contributed by atoms with Crippen molar-refractivity contribution in [3.63, 3.8) is 0 Å². The number of nitrogens with one attached hydrogen (secondary N) is 1. The Morgan fingerprint density at radius 3 is 1.92 bits per heavy atom. The van der Waals surface area contributed by atoms with Gasteiger partial charge in [0.15, 0.2) is 0 Å². The van der Waals surface area contributed by atoms with Crippen LogP contribution in [-0.4, -0.2) is 47.7 Å². The number of allylic oxidation sites excluding steroid dienone is 1. The molecule has 0 aliphatic heterocycles. The number of hydrogen-bond acceptors (Lipinski definition) is 5. The van der Waals surface area contributed by atoms with E-state index in [1.807, 2.05) is 71.9 Å². The molecule has 1 unspecified atom stereocenters. The number of likely N-dealkylation sites (N-methyl/N-ethyl adjacent to an activating group) is 1. The summed E-state index contributed by atoms with van der Waals surface area (Å²) in [5.41, 5.74) is -1.03. The van der Waals surface area contributed by atoms with Gasteiger partial charge in [0.25, 0.3) is 0 Å². The van der Waals surface area contributed by atoms with Crippen LogP contribution in [0.25, 0.3) is 0 Å². The lowest BCUT2D eigenvalue weighted by Gasteiger charge is -2.38. The van der Waals surface area contributed by atoms with Crippen molar-refractivity contribution in [3.05, 3.63) is 48.6 Å². The highest BCUT2D eigenvalue weighted by molar-refractivity contribution is 5.86. The van der Waals surface area contributed by atoms with Crippen molar-refractivity contribution in [2.24, 2.45) is 17.3 Å². The smallest absolute Gasteiger partial charge is 0.408 e. The van der Waals surface area contributed by atoms with Crippen LogP contribution < -0.4 is 5.32 Å². The Kier molecular flexibility index (Phi) is 10.8. The van der Waals surface area contributed by atoms with E-state index in [2.05, 4.69) is 11.9 Å². The lowest BCUT2D eigenvalue weighted by atomic mass is 9.71. The fourth-order valence-corrected chi connectivity index (χ4v) is 4.06. The van der Waals surface area contributed by atoms with E-state index in [1.54, 1.807) is 38.8 Å². The quantitative estimate of drug-likeness (QED) is 0.335. The molecule has 0 aromatic heterocycles. The topological polar surface area (TPSA) is 84.9 Å². The maximum Gasteiger partial charge on any atom is 0.408 e. The molecule has 2 amide bonds. The number of nitrogens with zero attached hydrogens (tertiary/aromatic N) is 1. The zero-order chi connectivity index (χ0) is 27.9. The molecule has 7 nitrogen and oxygen atoms in total. The van der Waals surface area contributed by atoms with Gasteiger partial charge in [-0.05, 0) is 58.9 Å². The Balaban J connectivity index is 3.27. The molecule has 0 aliphatic rings. The maximum atomic E-state index is 13.8. The van der Waals surface area contributed by atoms with E-state index in [9.17, 15) is 14.4 Å². The van der Waals surface area contributed by atoms with Crippen LogP contribution in [0.3, 0.4) is 0 Å². The van der Waals surface area contributed by atoms with Crippen LogP contribution in [0.2, 0.25) is 0 Å². The molecule has 1 aromatic rings. The number of rotatable bonds is 9. The van der Waals surface area contributed by atoms with Crippen molar-refractivity contribution in [3.8, 4) is 0 Å². The summed E-state index contributed by atoms with van der Waals surface area (Å²) in [5, 5.41) is 2.89. The van der Waals surface area contributed by atoms with Crippen LogP contribution in [0.5, 0.6) is 0 Å². The average Bonchev–Trinajstić information content (AvgIpc) is 2.69. The SMILES string of the molecule is C=CCC(C(=O)N(C)C[C@H](NC(=O)OC(C)(C)C)c1ccccc1)[C@H](C(=O)OC(C)(C)C)C(C)(C)C. The zero-order valence-electron chi connectivity index (χ0n) is 23.8. The number of ether oxygens (including phenoxy) is 2. The summed E-state index contributed by atoms with van der Waals surface area (Å²) in [6.07, 6.45) is 1.41. The first kappa shape index (κ1) is 31.2. The molecule has 202 valence electrons. The molecule has 1 N–H and O–H groups in total. The second-order valence-electron chi connectivity index (χ2n) is 12.3. The van der Waals surface area contributed by atoms with Gasteiger partial charge in [0.1, 0.15) is 11.2 Å². The van der Waals surface area contributed by atoms with Crippen LogP contribution in [0.15, 0.2) is 43.0 Å². The van der Waals surface area contributed by atoms with Crippen molar-refractivity contribution in [2.45, 2.75) is 86.0 Å². The van der Waals surface area contributed by atoms with Crippen molar-refractivity contribution in [1.82, 2.24) is 10.2 Å². The Hall–Kier alpha value is -2.83. The number of carbonyl (C=O) groups excluding carboxylic acids is 3. The van der Waals surface area contributed by atoms with Crippen LogP contribution in [0.4, 0.5) is 4.79 Å². The molecule has 0 fully saturated rings. The summed E-state index contributed by atoms with van der Waals surface area (Å²) < 4.78 is 11.2. The van der Waals surface area contributed by atoms with Gasteiger partial charge in [-0.25, -0.2) is 4.79 Å². The molecule has 0 aliphatic carbocycles. The highest BCUT2D eigenvalue weighted by Gasteiger charge is 2.44. The first-order valence-electron chi connectivity index (χ1n) is 12.5. The van der Waals surface area contributed by atoms with Gasteiger partial charge in [-0.15, -0.1) is 6.58 Å². The van der Waals surface area contributed by atoms with E-state index in [4.69, 9.17) is 9.47 Å². The summed E-state index contributed by atoms with van der Waals surface area (Å²) in [7, 11) is 1.68. The van der Waals surface area contributed by atoms with Crippen LogP contribution >= 0.6 is 0 Å². The predicted octanol–water partition coefficient (Wildman–Crippen LogP) is 5.91. The van der Waals surface area contributed by atoms with E-state index in [0.717, 1.165) is 5.56 Å². The van der Waals surface area contributed by atoms with Crippen molar-refractivity contribution in [1.29, 1.82) is 0 Å². The van der Waals surface area contributed by atoms with Crippen molar-refractivity contribution >= 4 is 18.0 Å². The molecule has 0 heterocycles. The van der Waals surface area contributed by atoms with Crippen molar-refractivity contribution < 1.29 is 23.9 Å². The normalized spacial score (nSPS) is 14.7. The highest BCUT2D eigenvalue weighted by atomic mass is 16.6. The second kappa shape index (κ2) is 12.4. The first-order valence-corrected chi connectivity index (χ1v) is 12.5. The lowest BCUT2D eigenvalue weighted by Crippen LogP contribution is -2.48. The van der Waals surface area contributed by atoms with Gasteiger partial charge < -0.3 is 19.7 Å². The molecule has 0 saturated carbocycles. The number of hydrogen-bond donors (Lipinski definition) is 1. The molecule has 7 heteroatoms. The third kappa shape index (κ3) is 10.4. The minimum Gasteiger partial charge on any atom is -0.460 e. The van der Waals surface area contributed by atoms with E-state index >= 15 is 0 Å². The summed E-state index contributed by atoms with van der Waals surface area (Å²) in [6, 6.07) is 8.91. The molecule has 0 radical (unpaired) electrons. The number of amides is 2. The van der Waals surface area contributed by atoms with Crippen molar-refractivity contribution in [2.75, 3.05) is 13.6 Å². The van der Waals surface area contributed by atoms with Gasteiger partial charge in [-0.1, -0.05) is 57.2 Å². The Morgan fingerprint density at radius 1 is 0.944 bits per heavy atom. The van der Waals surface area contributed by atoms with Crippen LogP contribution in [0, 0.1) is 17.3 Å². The summed E-state index contributed by atoms with van der Waals surface area (Å²) in [5.74, 6) is -1.97. The fraction of sp³-hybridized carbons (Fsp3) is 0.621. The molecule has 1 rings (SSSR count). The monoisotopic (exact) mass is 502 g/mol. The summed E-state index contributed by atoms with van der Waals surface area (Å²) in [6.45, 7) is 20.6. The van der Waals surface area contributed by atoms with Crippen LogP contribution in [-0.2, 0) is 19.1 Å². The Labute approximate surface area is 217 Å². The molecule has 1 aromatic carbocycles. The van der Waals surface area contributed by atoms with E-state index in [-0.39, 0.29) is 12.5 Å². The number of alkyl carbamates (subject to hydrolysis) is 1. The minimum atomic E-state index is -0.682. The third-order valence-electron chi connectivity index (χ3n) is 5.46. The van der Waals surface area contributed by atoms with Gasteiger partial charge in [-0.2, -0.15) is 0 Å². The molecule has 3 atom stereocenters. The van der Waals surface area contributed by atoms with E-state index < -0.39 is 46.6 Å². The molecular formula is C29H46N2O5. The highest BCUT2D eigenvalue weighted by Crippen LogP contribution is 2.37. The van der Waals surface area contributed by atoms with Gasteiger partial charge in [0.2, 0.25) is 5.91 Å². The number of benzene rings is 1.